The van der Waals surface area contributed by atoms with Crippen LogP contribution in [0.5, 0.6) is 5.75 Å². The molecular formula is C15H20F3NO. The van der Waals surface area contributed by atoms with E-state index >= 15 is 0 Å². The van der Waals surface area contributed by atoms with Crippen molar-refractivity contribution < 1.29 is 17.9 Å². The lowest BCUT2D eigenvalue weighted by molar-refractivity contribution is -0.274. The number of ether oxygens (including phenoxy) is 1. The van der Waals surface area contributed by atoms with Crippen LogP contribution in [-0.4, -0.2) is 18.9 Å². The summed E-state index contributed by atoms with van der Waals surface area (Å²) in [6.45, 7) is 3.18. The van der Waals surface area contributed by atoms with Crippen molar-refractivity contribution in [3.63, 3.8) is 0 Å². The first kappa shape index (κ1) is 15.2. The molecule has 1 aromatic rings. The second-order valence-corrected chi connectivity index (χ2v) is 5.52. The largest absolute Gasteiger partial charge is 0.573 e. The Morgan fingerprint density at radius 2 is 1.90 bits per heavy atom. The van der Waals surface area contributed by atoms with Gasteiger partial charge >= 0.3 is 6.36 Å². The quantitative estimate of drug-likeness (QED) is 0.821. The van der Waals surface area contributed by atoms with Crippen molar-refractivity contribution in [3.05, 3.63) is 29.8 Å². The van der Waals surface area contributed by atoms with Gasteiger partial charge in [-0.2, -0.15) is 0 Å². The first-order chi connectivity index (χ1) is 9.42. The van der Waals surface area contributed by atoms with Crippen LogP contribution in [0.3, 0.4) is 0 Å². The van der Waals surface area contributed by atoms with Crippen LogP contribution in [-0.2, 0) is 6.42 Å². The van der Waals surface area contributed by atoms with Crippen LogP contribution in [0.4, 0.5) is 13.2 Å². The summed E-state index contributed by atoms with van der Waals surface area (Å²) in [4.78, 5) is 0. The molecule has 0 bridgehead atoms. The van der Waals surface area contributed by atoms with Gasteiger partial charge in [-0.3, -0.25) is 0 Å². The van der Waals surface area contributed by atoms with Crippen LogP contribution in [0.15, 0.2) is 24.3 Å². The standard InChI is InChI=1S/C15H20F3NO/c1-11(8-9-19-13-4-5-13)10-12-2-6-14(7-3-12)20-15(16,17)18/h2-3,6-7,11,13,19H,4-5,8-10H2,1H3. The zero-order valence-corrected chi connectivity index (χ0v) is 11.5. The van der Waals surface area contributed by atoms with Crippen molar-refractivity contribution in [1.82, 2.24) is 5.32 Å². The minimum Gasteiger partial charge on any atom is -0.406 e. The average Bonchev–Trinajstić information content (AvgIpc) is 3.14. The van der Waals surface area contributed by atoms with E-state index in [2.05, 4.69) is 17.0 Å². The molecule has 0 aliphatic heterocycles. The van der Waals surface area contributed by atoms with E-state index in [4.69, 9.17) is 0 Å². The highest BCUT2D eigenvalue weighted by atomic mass is 19.4. The van der Waals surface area contributed by atoms with E-state index < -0.39 is 6.36 Å². The molecule has 2 nitrogen and oxygen atoms in total. The third kappa shape index (κ3) is 5.82. The fourth-order valence-corrected chi connectivity index (χ4v) is 2.15. The summed E-state index contributed by atoms with van der Waals surface area (Å²) in [6.07, 6.45) is -0.0939. The van der Waals surface area contributed by atoms with Crippen molar-refractivity contribution in [3.8, 4) is 5.75 Å². The van der Waals surface area contributed by atoms with Crippen molar-refractivity contribution in [2.75, 3.05) is 6.54 Å². The molecule has 112 valence electrons. The lowest BCUT2D eigenvalue weighted by Gasteiger charge is -2.13. The fraction of sp³-hybridized carbons (Fsp3) is 0.600. The Balaban J connectivity index is 1.74. The Kier molecular flexibility index (Phi) is 4.91. The van der Waals surface area contributed by atoms with Gasteiger partial charge in [0.2, 0.25) is 0 Å². The minimum atomic E-state index is -4.62. The number of rotatable bonds is 7. The van der Waals surface area contributed by atoms with E-state index in [0.29, 0.717) is 5.92 Å². The van der Waals surface area contributed by atoms with Crippen LogP contribution in [0.25, 0.3) is 0 Å². The van der Waals surface area contributed by atoms with E-state index in [1.54, 1.807) is 12.1 Å². The Labute approximate surface area is 117 Å². The molecule has 0 saturated heterocycles. The molecule has 1 aliphatic carbocycles. The smallest absolute Gasteiger partial charge is 0.406 e. The van der Waals surface area contributed by atoms with E-state index in [-0.39, 0.29) is 5.75 Å². The van der Waals surface area contributed by atoms with Gasteiger partial charge in [0, 0.05) is 6.04 Å². The molecule has 1 aromatic carbocycles. The van der Waals surface area contributed by atoms with Gasteiger partial charge in [-0.05, 0) is 55.8 Å². The van der Waals surface area contributed by atoms with Gasteiger partial charge in [-0.15, -0.1) is 13.2 Å². The van der Waals surface area contributed by atoms with Crippen molar-refractivity contribution in [2.45, 2.75) is 45.0 Å². The van der Waals surface area contributed by atoms with E-state index in [0.717, 1.165) is 31.0 Å². The maximum absolute atomic E-state index is 12.0. The summed E-state index contributed by atoms with van der Waals surface area (Å²) < 4.78 is 39.9. The topological polar surface area (TPSA) is 21.3 Å². The maximum Gasteiger partial charge on any atom is 0.573 e. The monoisotopic (exact) mass is 287 g/mol. The molecule has 0 amide bonds. The summed E-state index contributed by atoms with van der Waals surface area (Å²) in [5.74, 6) is 0.347. The fourth-order valence-electron chi connectivity index (χ4n) is 2.15. The molecule has 2 rings (SSSR count). The van der Waals surface area contributed by atoms with E-state index in [1.807, 2.05) is 0 Å². The third-order valence-electron chi connectivity index (χ3n) is 3.39. The number of nitrogens with one attached hydrogen (secondary N) is 1. The predicted molar refractivity (Wildman–Crippen MR) is 71.6 cm³/mol. The summed E-state index contributed by atoms with van der Waals surface area (Å²) in [5.41, 5.74) is 1.04. The third-order valence-corrected chi connectivity index (χ3v) is 3.39. The first-order valence-electron chi connectivity index (χ1n) is 7.00. The van der Waals surface area contributed by atoms with Crippen LogP contribution < -0.4 is 10.1 Å². The SMILES string of the molecule is CC(CCNC1CC1)Cc1ccc(OC(F)(F)F)cc1. The van der Waals surface area contributed by atoms with Crippen LogP contribution in [0.2, 0.25) is 0 Å². The molecule has 5 heteroatoms. The van der Waals surface area contributed by atoms with Crippen LogP contribution in [0, 0.1) is 5.92 Å². The lowest BCUT2D eigenvalue weighted by atomic mass is 9.98. The minimum absolute atomic E-state index is 0.163. The molecule has 20 heavy (non-hydrogen) atoms. The highest BCUT2D eigenvalue weighted by molar-refractivity contribution is 5.27. The Morgan fingerprint density at radius 3 is 2.45 bits per heavy atom. The molecule has 1 unspecified atom stereocenters. The van der Waals surface area contributed by atoms with Crippen LogP contribution in [0.1, 0.15) is 31.7 Å². The van der Waals surface area contributed by atoms with E-state index in [9.17, 15) is 13.2 Å². The summed E-state index contributed by atoms with van der Waals surface area (Å²) in [6, 6.07) is 6.87. The Hall–Kier alpha value is -1.23. The second kappa shape index (κ2) is 6.48. The van der Waals surface area contributed by atoms with Gasteiger partial charge in [-0.25, -0.2) is 0 Å². The zero-order valence-electron chi connectivity index (χ0n) is 11.5. The van der Waals surface area contributed by atoms with Gasteiger partial charge in [0.15, 0.2) is 0 Å². The summed E-state index contributed by atoms with van der Waals surface area (Å²) >= 11 is 0. The van der Waals surface area contributed by atoms with Crippen molar-refractivity contribution >= 4 is 0 Å². The molecule has 1 atom stereocenters. The number of benzene rings is 1. The molecular weight excluding hydrogens is 267 g/mol. The number of hydrogen-bond acceptors (Lipinski definition) is 2. The van der Waals surface area contributed by atoms with Gasteiger partial charge in [0.1, 0.15) is 5.75 Å². The van der Waals surface area contributed by atoms with Crippen molar-refractivity contribution in [1.29, 1.82) is 0 Å². The van der Waals surface area contributed by atoms with Gasteiger partial charge < -0.3 is 10.1 Å². The number of hydrogen-bond donors (Lipinski definition) is 1. The highest BCUT2D eigenvalue weighted by Crippen LogP contribution is 2.24. The lowest BCUT2D eigenvalue weighted by Crippen LogP contribution is -2.20. The number of halogens is 3. The number of alkyl halides is 3. The van der Waals surface area contributed by atoms with Crippen LogP contribution >= 0.6 is 0 Å². The highest BCUT2D eigenvalue weighted by Gasteiger charge is 2.30. The summed E-state index contributed by atoms with van der Waals surface area (Å²) in [7, 11) is 0. The Bertz CT molecular complexity index is 412. The average molecular weight is 287 g/mol. The Morgan fingerprint density at radius 1 is 1.25 bits per heavy atom. The first-order valence-corrected chi connectivity index (χ1v) is 7.00. The van der Waals surface area contributed by atoms with Gasteiger partial charge in [0.05, 0.1) is 0 Å². The zero-order chi connectivity index (χ0) is 14.6. The maximum atomic E-state index is 12.0. The molecule has 1 N–H and O–H groups in total. The van der Waals surface area contributed by atoms with Gasteiger partial charge in [0.25, 0.3) is 0 Å². The normalized spacial score (nSPS) is 17.0. The van der Waals surface area contributed by atoms with E-state index in [1.165, 1.54) is 25.0 Å². The molecule has 1 aliphatic rings. The predicted octanol–water partition coefficient (Wildman–Crippen LogP) is 3.91. The second-order valence-electron chi connectivity index (χ2n) is 5.52. The molecule has 0 radical (unpaired) electrons. The molecule has 1 fully saturated rings. The molecule has 0 heterocycles. The molecule has 1 saturated carbocycles. The molecule has 0 aromatic heterocycles. The molecule has 0 spiro atoms. The summed E-state index contributed by atoms with van der Waals surface area (Å²) in [5, 5.41) is 3.46. The van der Waals surface area contributed by atoms with Gasteiger partial charge in [-0.1, -0.05) is 19.1 Å². The van der Waals surface area contributed by atoms with Crippen molar-refractivity contribution in [2.24, 2.45) is 5.92 Å².